The number of carbonyl (C=O) groups excluding carboxylic acids is 1. The van der Waals surface area contributed by atoms with Gasteiger partial charge in [0.15, 0.2) is 11.5 Å². The van der Waals surface area contributed by atoms with Crippen LogP contribution in [0.3, 0.4) is 0 Å². The van der Waals surface area contributed by atoms with Crippen LogP contribution in [0.4, 0.5) is 0 Å². The molecule has 124 valence electrons. The Balaban J connectivity index is 2.10. The van der Waals surface area contributed by atoms with Crippen LogP contribution < -0.4 is 9.47 Å². The lowest BCUT2D eigenvalue weighted by Crippen LogP contribution is -2.40. The maximum Gasteiger partial charge on any atom is 0.265 e. The first-order valence-electron chi connectivity index (χ1n) is 6.98. The third-order valence-electron chi connectivity index (χ3n) is 3.70. The van der Waals surface area contributed by atoms with E-state index in [-0.39, 0.29) is 5.91 Å². The number of nitrogens with zero attached hydrogens (tertiary/aromatic N) is 1. The summed E-state index contributed by atoms with van der Waals surface area (Å²) >= 11 is 11.4. The van der Waals surface area contributed by atoms with Gasteiger partial charge in [-0.2, -0.15) is 0 Å². The number of thiophene rings is 1. The van der Waals surface area contributed by atoms with E-state index in [0.717, 1.165) is 14.6 Å². The standard InChI is InChI=1S/C15H15BrClNO4S/c1-20-9-7-8-11(17)14(15(19)18-3-5-22-6-4-18)23-13(8)10(16)12(9)21-2/h7H,3-6H2,1-2H3. The quantitative estimate of drug-likeness (QED) is 0.758. The Bertz CT molecular complexity index is 758. The highest BCUT2D eigenvalue weighted by Crippen LogP contribution is 2.48. The summed E-state index contributed by atoms with van der Waals surface area (Å²) in [4.78, 5) is 15.0. The summed E-state index contributed by atoms with van der Waals surface area (Å²) in [6.45, 7) is 2.27. The van der Waals surface area contributed by atoms with Crippen molar-refractivity contribution in [3.63, 3.8) is 0 Å². The molecule has 0 unspecified atom stereocenters. The molecule has 0 atom stereocenters. The van der Waals surface area contributed by atoms with E-state index >= 15 is 0 Å². The number of hydrogen-bond donors (Lipinski definition) is 0. The van der Waals surface area contributed by atoms with E-state index in [1.54, 1.807) is 25.2 Å². The Morgan fingerprint density at radius 3 is 2.65 bits per heavy atom. The fourth-order valence-electron chi connectivity index (χ4n) is 2.51. The molecule has 1 aliphatic rings. The van der Waals surface area contributed by atoms with Gasteiger partial charge in [0, 0.05) is 18.5 Å². The fourth-order valence-corrected chi connectivity index (χ4v) is 4.80. The minimum atomic E-state index is -0.0654. The molecule has 1 fully saturated rings. The van der Waals surface area contributed by atoms with Gasteiger partial charge in [0.2, 0.25) is 0 Å². The van der Waals surface area contributed by atoms with E-state index in [9.17, 15) is 4.79 Å². The molecule has 0 spiro atoms. The smallest absolute Gasteiger partial charge is 0.265 e. The lowest BCUT2D eigenvalue weighted by atomic mass is 10.2. The van der Waals surface area contributed by atoms with Crippen LogP contribution >= 0.6 is 38.9 Å². The lowest BCUT2D eigenvalue weighted by Gasteiger charge is -2.26. The van der Waals surface area contributed by atoms with Crippen molar-refractivity contribution >= 4 is 54.9 Å². The van der Waals surface area contributed by atoms with Gasteiger partial charge >= 0.3 is 0 Å². The Labute approximate surface area is 151 Å². The molecule has 1 aromatic heterocycles. The molecule has 1 saturated heterocycles. The van der Waals surface area contributed by atoms with Gasteiger partial charge in [-0.1, -0.05) is 11.6 Å². The average molecular weight is 421 g/mol. The molecule has 1 aromatic carbocycles. The van der Waals surface area contributed by atoms with Crippen LogP contribution in [0.5, 0.6) is 11.5 Å². The van der Waals surface area contributed by atoms with Crippen LogP contribution in [0.25, 0.3) is 10.1 Å². The van der Waals surface area contributed by atoms with Crippen molar-refractivity contribution in [2.75, 3.05) is 40.5 Å². The largest absolute Gasteiger partial charge is 0.493 e. The van der Waals surface area contributed by atoms with Gasteiger partial charge in [-0.05, 0) is 22.0 Å². The molecule has 23 heavy (non-hydrogen) atoms. The fraction of sp³-hybridized carbons (Fsp3) is 0.400. The Morgan fingerprint density at radius 2 is 2.04 bits per heavy atom. The zero-order chi connectivity index (χ0) is 16.6. The Morgan fingerprint density at radius 1 is 1.35 bits per heavy atom. The van der Waals surface area contributed by atoms with E-state index in [1.165, 1.54) is 11.3 Å². The summed E-state index contributed by atoms with van der Waals surface area (Å²) in [5, 5.41) is 1.22. The number of halogens is 2. The molecular weight excluding hydrogens is 406 g/mol. The Hall–Kier alpha value is -1.02. The van der Waals surface area contributed by atoms with Gasteiger partial charge in [0.25, 0.3) is 5.91 Å². The number of benzene rings is 1. The normalized spacial score (nSPS) is 15.0. The predicted octanol–water partition coefficient (Wildman–Crippen LogP) is 3.81. The molecule has 2 aromatic rings. The third kappa shape index (κ3) is 2.91. The van der Waals surface area contributed by atoms with Crippen molar-refractivity contribution in [3.05, 3.63) is 20.4 Å². The van der Waals surface area contributed by atoms with E-state index in [4.69, 9.17) is 25.8 Å². The highest BCUT2D eigenvalue weighted by molar-refractivity contribution is 9.10. The zero-order valence-corrected chi connectivity index (χ0v) is 15.8. The second kappa shape index (κ2) is 6.84. The summed E-state index contributed by atoms with van der Waals surface area (Å²) in [5.74, 6) is 1.09. The predicted molar refractivity (Wildman–Crippen MR) is 94.4 cm³/mol. The first kappa shape index (κ1) is 16.8. The summed E-state index contributed by atoms with van der Waals surface area (Å²) < 4.78 is 17.6. The van der Waals surface area contributed by atoms with Gasteiger partial charge in [-0.25, -0.2) is 0 Å². The molecule has 3 rings (SSSR count). The maximum atomic E-state index is 12.7. The monoisotopic (exact) mass is 419 g/mol. The number of fused-ring (bicyclic) bond motifs is 1. The summed E-state index contributed by atoms with van der Waals surface area (Å²) in [6.07, 6.45) is 0. The first-order valence-corrected chi connectivity index (χ1v) is 8.96. The van der Waals surface area contributed by atoms with Crippen molar-refractivity contribution in [3.8, 4) is 11.5 Å². The van der Waals surface area contributed by atoms with Gasteiger partial charge in [-0.3, -0.25) is 4.79 Å². The van der Waals surface area contributed by atoms with Gasteiger partial charge in [0.1, 0.15) is 4.88 Å². The number of hydrogen-bond acceptors (Lipinski definition) is 5. The molecule has 1 aliphatic heterocycles. The van der Waals surface area contributed by atoms with Crippen molar-refractivity contribution in [2.24, 2.45) is 0 Å². The minimum absolute atomic E-state index is 0.0654. The summed E-state index contributed by atoms with van der Waals surface area (Å²) in [6, 6.07) is 1.80. The second-order valence-corrected chi connectivity index (χ2v) is 7.14. The molecule has 0 aliphatic carbocycles. The molecule has 8 heteroatoms. The molecule has 0 N–H and O–H groups in total. The summed E-state index contributed by atoms with van der Waals surface area (Å²) in [5.41, 5.74) is 0. The van der Waals surface area contributed by atoms with Gasteiger partial charge < -0.3 is 19.1 Å². The number of methoxy groups -OCH3 is 2. The van der Waals surface area contributed by atoms with E-state index in [0.29, 0.717) is 47.7 Å². The number of carbonyl (C=O) groups is 1. The molecule has 2 heterocycles. The van der Waals surface area contributed by atoms with Crippen LogP contribution in [0, 0.1) is 0 Å². The van der Waals surface area contributed by atoms with E-state index < -0.39 is 0 Å². The van der Waals surface area contributed by atoms with Crippen LogP contribution in [0.2, 0.25) is 5.02 Å². The van der Waals surface area contributed by atoms with Crippen LogP contribution in [0.15, 0.2) is 10.5 Å². The van der Waals surface area contributed by atoms with E-state index in [2.05, 4.69) is 15.9 Å². The number of morpholine rings is 1. The summed E-state index contributed by atoms with van der Waals surface area (Å²) in [7, 11) is 3.14. The maximum absolute atomic E-state index is 12.7. The number of amides is 1. The molecule has 0 saturated carbocycles. The molecule has 0 radical (unpaired) electrons. The highest BCUT2D eigenvalue weighted by Gasteiger charge is 2.26. The highest BCUT2D eigenvalue weighted by atomic mass is 79.9. The van der Waals surface area contributed by atoms with Crippen LogP contribution in [-0.2, 0) is 4.74 Å². The average Bonchev–Trinajstić information content (AvgIpc) is 2.92. The van der Waals surface area contributed by atoms with E-state index in [1.807, 2.05) is 0 Å². The lowest BCUT2D eigenvalue weighted by molar-refractivity contribution is 0.0306. The zero-order valence-electron chi connectivity index (χ0n) is 12.7. The van der Waals surface area contributed by atoms with Gasteiger partial charge in [0.05, 0.1) is 41.6 Å². The van der Waals surface area contributed by atoms with Crippen LogP contribution in [0.1, 0.15) is 9.67 Å². The van der Waals surface area contributed by atoms with Crippen LogP contribution in [-0.4, -0.2) is 51.3 Å². The SMILES string of the molecule is COc1cc2c(Cl)c(C(=O)N3CCOCC3)sc2c(Br)c1OC. The van der Waals surface area contributed by atoms with Crippen molar-refractivity contribution in [2.45, 2.75) is 0 Å². The Kier molecular flexibility index (Phi) is 5.01. The van der Waals surface area contributed by atoms with Gasteiger partial charge in [-0.15, -0.1) is 11.3 Å². The van der Waals surface area contributed by atoms with Crippen molar-refractivity contribution in [1.82, 2.24) is 4.90 Å². The molecule has 5 nitrogen and oxygen atoms in total. The molecular formula is C15H15BrClNO4S. The second-order valence-electron chi connectivity index (χ2n) is 4.95. The van der Waals surface area contributed by atoms with Crippen molar-refractivity contribution in [1.29, 1.82) is 0 Å². The molecule has 1 amide bonds. The number of ether oxygens (including phenoxy) is 3. The third-order valence-corrected chi connectivity index (χ3v) is 6.43. The molecule has 0 bridgehead atoms. The van der Waals surface area contributed by atoms with Crippen molar-refractivity contribution < 1.29 is 19.0 Å². The number of rotatable bonds is 3. The minimum Gasteiger partial charge on any atom is -0.493 e. The topological polar surface area (TPSA) is 48.0 Å². The first-order chi connectivity index (χ1) is 11.1.